The van der Waals surface area contributed by atoms with Gasteiger partial charge in [-0.1, -0.05) is 198 Å². The van der Waals surface area contributed by atoms with Crippen molar-refractivity contribution >= 4 is 63.5 Å². The standard InChI is InChI=1S/C42H42P4.4CO.Mo/c1-7-19-37(20-8-1)43(33-35-45(39-23-11-3-12-24-39)40-25-13-4-14-26-40)31-32-44(38-21-9-2-10-22-38)34-36-46(41-27-15-5-16-28-41)42-29-17-6-18-30-42;4*1-2;/h1-30H,31-36H2;;;;;. The Labute approximate surface area is 346 Å². The molecule has 276 valence electrons. The summed E-state index contributed by atoms with van der Waals surface area (Å²) in [4.78, 5) is 0. The average molecular weight is 879 g/mol. The summed E-state index contributed by atoms with van der Waals surface area (Å²) in [5.41, 5.74) is 0. The smallest absolute Gasteiger partial charge is 0 e. The molecule has 4 nitrogen and oxygen atoms in total. The van der Waals surface area contributed by atoms with Gasteiger partial charge in [0.05, 0.1) is 0 Å². The van der Waals surface area contributed by atoms with Crippen LogP contribution in [0.1, 0.15) is 0 Å². The van der Waals surface area contributed by atoms with E-state index in [1.54, 1.807) is 10.6 Å². The minimum Gasteiger partial charge on any atom is -0.0746 e. The number of rotatable bonds is 15. The first-order valence-corrected chi connectivity index (χ1v) is 23.5. The van der Waals surface area contributed by atoms with Crippen LogP contribution in [0.25, 0.3) is 0 Å². The van der Waals surface area contributed by atoms with Crippen LogP contribution in [0.2, 0.25) is 0 Å². The quantitative estimate of drug-likeness (QED) is 0.0429. The first-order valence-electron chi connectivity index (χ1n) is 17.0. The third-order valence-electron chi connectivity index (χ3n) is 8.34. The van der Waals surface area contributed by atoms with Crippen LogP contribution < -0.4 is 31.8 Å². The Morgan fingerprint density at radius 2 is 0.418 bits per heavy atom. The summed E-state index contributed by atoms with van der Waals surface area (Å²) >= 11 is 0. The van der Waals surface area contributed by atoms with E-state index >= 15 is 0 Å². The van der Waals surface area contributed by atoms with Gasteiger partial charge in [0.2, 0.25) is 0 Å². The molecule has 0 aliphatic carbocycles. The molecule has 2 unspecified atom stereocenters. The molecule has 0 bridgehead atoms. The number of benzene rings is 6. The summed E-state index contributed by atoms with van der Waals surface area (Å²) in [6, 6.07) is 67.9. The molecule has 9 heteroatoms. The van der Waals surface area contributed by atoms with E-state index in [1.165, 1.54) is 58.2 Å². The predicted octanol–water partition coefficient (Wildman–Crippen LogP) is 8.71. The number of hydrogen-bond donors (Lipinski definition) is 0. The predicted molar refractivity (Wildman–Crippen MR) is 229 cm³/mol. The first-order chi connectivity index (χ1) is 26.8. The van der Waals surface area contributed by atoms with Crippen LogP contribution in [0, 0.1) is 26.6 Å². The van der Waals surface area contributed by atoms with Crippen LogP contribution in [-0.4, -0.2) is 37.0 Å². The molecule has 0 aliphatic heterocycles. The summed E-state index contributed by atoms with van der Waals surface area (Å²) in [6.07, 6.45) is 7.60. The molecule has 6 aromatic carbocycles. The molecule has 0 fully saturated rings. The van der Waals surface area contributed by atoms with Crippen LogP contribution in [0.5, 0.6) is 0 Å². The second-order valence-electron chi connectivity index (χ2n) is 11.3. The second kappa shape index (κ2) is 31.8. The van der Waals surface area contributed by atoms with Gasteiger partial charge >= 0.3 is 45.2 Å². The molecule has 0 heterocycles. The molecule has 0 N–H and O–H groups in total. The fourth-order valence-corrected chi connectivity index (χ4v) is 17.8. The van der Waals surface area contributed by atoms with Crippen molar-refractivity contribution in [1.82, 2.24) is 0 Å². The fourth-order valence-electron chi connectivity index (χ4n) is 5.95. The van der Waals surface area contributed by atoms with Crippen molar-refractivity contribution in [1.29, 1.82) is 0 Å². The van der Waals surface area contributed by atoms with Crippen LogP contribution in [0.4, 0.5) is 0 Å². The van der Waals surface area contributed by atoms with Crippen molar-refractivity contribution in [2.75, 3.05) is 37.0 Å². The van der Waals surface area contributed by atoms with E-state index < -0.39 is 0 Å². The molecular formula is C46H42MoO4P4. The van der Waals surface area contributed by atoms with E-state index in [0.29, 0.717) is 0 Å². The second-order valence-corrected chi connectivity index (χ2v) is 20.9. The monoisotopic (exact) mass is 880 g/mol. The maximum atomic E-state index is 7.50. The van der Waals surface area contributed by atoms with Crippen LogP contribution in [-0.2, 0) is 39.7 Å². The Bertz CT molecular complexity index is 1660. The molecule has 0 aliphatic rings. The van der Waals surface area contributed by atoms with E-state index in [1.807, 2.05) is 0 Å². The minimum absolute atomic E-state index is 0. The van der Waals surface area contributed by atoms with E-state index in [4.69, 9.17) is 18.6 Å². The van der Waals surface area contributed by atoms with Gasteiger partial charge in [-0.3, -0.25) is 0 Å². The fraction of sp³-hybridized carbons (Fsp3) is 0.130. The largest absolute Gasteiger partial charge is 0.0746 e. The Morgan fingerprint density at radius 1 is 0.255 bits per heavy atom. The summed E-state index contributed by atoms with van der Waals surface area (Å²) in [5, 5.41) is 9.10. The van der Waals surface area contributed by atoms with Crippen molar-refractivity contribution < 1.29 is 39.7 Å². The zero-order valence-electron chi connectivity index (χ0n) is 30.4. The van der Waals surface area contributed by atoms with E-state index in [-0.39, 0.29) is 52.8 Å². The summed E-state index contributed by atoms with van der Waals surface area (Å²) < 4.78 is 30.0. The molecule has 0 radical (unpaired) electrons. The molecule has 0 spiro atoms. The third kappa shape index (κ3) is 17.2. The Hall–Kier alpha value is -3.31. The van der Waals surface area contributed by atoms with Gasteiger partial charge in [0, 0.05) is 21.1 Å². The summed E-state index contributed by atoms with van der Waals surface area (Å²) in [7, 11) is -1.31. The first kappa shape index (κ1) is 49.7. The zero-order chi connectivity index (χ0) is 39.2. The molecule has 0 amide bonds. The Morgan fingerprint density at radius 3 is 0.618 bits per heavy atom. The molecule has 0 aromatic heterocycles. The van der Waals surface area contributed by atoms with Crippen molar-refractivity contribution in [3.63, 3.8) is 0 Å². The van der Waals surface area contributed by atoms with Gasteiger partial charge in [-0.25, -0.2) is 0 Å². The van der Waals surface area contributed by atoms with Crippen molar-refractivity contribution in [2.24, 2.45) is 0 Å². The number of hydrogen-bond acceptors (Lipinski definition) is 0. The van der Waals surface area contributed by atoms with Gasteiger partial charge in [-0.15, -0.1) is 0 Å². The van der Waals surface area contributed by atoms with E-state index in [9.17, 15) is 0 Å². The average Bonchev–Trinajstić information content (AvgIpc) is 3.29. The molecular weight excluding hydrogens is 836 g/mol. The molecule has 2 atom stereocenters. The van der Waals surface area contributed by atoms with Crippen LogP contribution in [0.15, 0.2) is 182 Å². The Balaban J connectivity index is 0.00000158. The van der Waals surface area contributed by atoms with Crippen molar-refractivity contribution in [2.45, 2.75) is 0 Å². The van der Waals surface area contributed by atoms with Gasteiger partial charge in [-0.2, -0.15) is 0 Å². The normalized spacial score (nSPS) is 10.7. The minimum atomic E-state index is -0.386. The van der Waals surface area contributed by atoms with E-state index in [2.05, 4.69) is 209 Å². The summed E-state index contributed by atoms with van der Waals surface area (Å²) in [5.74, 6) is 0. The van der Waals surface area contributed by atoms with Crippen molar-refractivity contribution in [3.05, 3.63) is 209 Å². The third-order valence-corrected chi connectivity index (χ3v) is 19.5. The van der Waals surface area contributed by atoms with Gasteiger partial charge < -0.3 is 0 Å². The Kier molecular flexibility index (Phi) is 28.8. The topological polar surface area (TPSA) is 79.6 Å². The van der Waals surface area contributed by atoms with Crippen LogP contribution in [0.3, 0.4) is 0 Å². The molecule has 6 aromatic rings. The maximum Gasteiger partial charge on any atom is 0 e. The zero-order valence-corrected chi connectivity index (χ0v) is 36.0. The van der Waals surface area contributed by atoms with E-state index in [0.717, 1.165) is 0 Å². The van der Waals surface area contributed by atoms with Gasteiger partial charge in [0.15, 0.2) is 0 Å². The van der Waals surface area contributed by atoms with Crippen LogP contribution >= 0.6 is 31.7 Å². The molecule has 55 heavy (non-hydrogen) atoms. The van der Waals surface area contributed by atoms with Gasteiger partial charge in [0.25, 0.3) is 0 Å². The maximum absolute atomic E-state index is 7.50. The van der Waals surface area contributed by atoms with Gasteiger partial charge in [-0.05, 0) is 84.6 Å². The molecule has 6 rings (SSSR count). The summed E-state index contributed by atoms with van der Waals surface area (Å²) in [6.45, 7) is 18.0. The van der Waals surface area contributed by atoms with Crippen molar-refractivity contribution in [3.8, 4) is 0 Å². The molecule has 0 saturated heterocycles. The SMILES string of the molecule is [C-]#[O+].[C-]#[O+].[C-]#[O+].[C-]#[O+].[Mo].c1ccc(P(CCP(CCP(c2ccccc2)c2ccccc2)c2ccccc2)CCP(c2ccccc2)c2ccccc2)cc1. The molecule has 0 saturated carbocycles. The van der Waals surface area contributed by atoms with Gasteiger partial charge in [0.1, 0.15) is 0 Å².